The topological polar surface area (TPSA) is 92.8 Å². The molecule has 7 heteroatoms. The molecule has 7 nitrogen and oxygen atoms in total. The van der Waals surface area contributed by atoms with Crippen LogP contribution in [0.3, 0.4) is 0 Å². The van der Waals surface area contributed by atoms with E-state index in [1.165, 1.54) is 30.7 Å². The number of amides is 3. The first-order valence-electron chi connectivity index (χ1n) is 9.09. The molecule has 0 aromatic heterocycles. The van der Waals surface area contributed by atoms with E-state index < -0.39 is 17.8 Å². The summed E-state index contributed by atoms with van der Waals surface area (Å²) in [5, 5.41) is 2.87. The van der Waals surface area contributed by atoms with Crippen LogP contribution < -0.4 is 5.32 Å². The van der Waals surface area contributed by atoms with Gasteiger partial charge in [-0.05, 0) is 31.0 Å². The summed E-state index contributed by atoms with van der Waals surface area (Å²) in [6.07, 6.45) is 6.72. The van der Waals surface area contributed by atoms with Crippen LogP contribution in [-0.2, 0) is 9.53 Å². The van der Waals surface area contributed by atoms with Crippen LogP contribution in [0.25, 0.3) is 0 Å². The van der Waals surface area contributed by atoms with E-state index in [1.807, 2.05) is 0 Å². The van der Waals surface area contributed by atoms with E-state index in [1.54, 1.807) is 0 Å². The van der Waals surface area contributed by atoms with Gasteiger partial charge in [0, 0.05) is 12.6 Å². The molecule has 1 aromatic carbocycles. The molecule has 0 bridgehead atoms. The number of hydrogen-bond donors (Lipinski definition) is 1. The van der Waals surface area contributed by atoms with Crippen molar-refractivity contribution in [3.63, 3.8) is 0 Å². The highest BCUT2D eigenvalue weighted by molar-refractivity contribution is 6.22. The summed E-state index contributed by atoms with van der Waals surface area (Å²) in [6, 6.07) is 4.32. The number of nitrogens with one attached hydrogen (secondary N) is 1. The molecule has 2 aliphatic rings. The van der Waals surface area contributed by atoms with E-state index in [4.69, 9.17) is 4.74 Å². The van der Waals surface area contributed by atoms with Crippen LogP contribution in [0.1, 0.15) is 63.2 Å². The maximum atomic E-state index is 12.3. The molecular weight excluding hydrogens is 348 g/mol. The summed E-state index contributed by atoms with van der Waals surface area (Å²) in [7, 11) is 0. The maximum absolute atomic E-state index is 12.3. The summed E-state index contributed by atoms with van der Waals surface area (Å²) >= 11 is 0. The first-order valence-corrected chi connectivity index (χ1v) is 9.09. The Hall–Kier alpha value is -2.96. The highest BCUT2D eigenvalue weighted by atomic mass is 16.5. The third-order valence-electron chi connectivity index (χ3n) is 4.82. The summed E-state index contributed by atoms with van der Waals surface area (Å²) in [5.41, 5.74) is 0.525. The quantitative estimate of drug-likeness (QED) is 0.470. The number of rotatable bonds is 6. The number of carbonyl (C=O) groups is 4. The summed E-state index contributed by atoms with van der Waals surface area (Å²) in [5.74, 6) is -1.93. The predicted molar refractivity (Wildman–Crippen MR) is 97.3 cm³/mol. The fraction of sp³-hybridized carbons (Fsp3) is 0.400. The summed E-state index contributed by atoms with van der Waals surface area (Å²) < 4.78 is 5.05. The van der Waals surface area contributed by atoms with E-state index in [0.717, 1.165) is 30.6 Å². The molecule has 1 aliphatic carbocycles. The molecule has 3 rings (SSSR count). The van der Waals surface area contributed by atoms with Crippen molar-refractivity contribution in [2.45, 2.75) is 38.1 Å². The standard InChI is InChI=1S/C20H22N2O5/c1-2-10-22-18(24)15-9-8-13(11-16(15)19(22)25)20(26)27-12-17(23)21-14-6-4-3-5-7-14/h2,8-9,11,14H,1,3-7,10,12H2,(H,21,23). The van der Waals surface area contributed by atoms with E-state index in [9.17, 15) is 19.2 Å². The van der Waals surface area contributed by atoms with Crippen LogP contribution >= 0.6 is 0 Å². The number of benzene rings is 1. The Balaban J connectivity index is 1.60. The molecule has 0 atom stereocenters. The molecular formula is C20H22N2O5. The molecule has 142 valence electrons. The van der Waals surface area contributed by atoms with Gasteiger partial charge in [0.2, 0.25) is 0 Å². The zero-order chi connectivity index (χ0) is 19.4. The molecule has 0 unspecified atom stereocenters. The van der Waals surface area contributed by atoms with Crippen LogP contribution in [0.15, 0.2) is 30.9 Å². The van der Waals surface area contributed by atoms with Gasteiger partial charge in [-0.1, -0.05) is 25.3 Å². The Bertz CT molecular complexity index is 796. The largest absolute Gasteiger partial charge is 0.452 e. The van der Waals surface area contributed by atoms with Crippen LogP contribution in [0, 0.1) is 0 Å². The SMILES string of the molecule is C=CCN1C(=O)c2ccc(C(=O)OCC(=O)NC3CCCCC3)cc2C1=O. The van der Waals surface area contributed by atoms with Gasteiger partial charge >= 0.3 is 5.97 Å². The van der Waals surface area contributed by atoms with Crippen molar-refractivity contribution in [2.24, 2.45) is 0 Å². The van der Waals surface area contributed by atoms with Crippen molar-refractivity contribution in [2.75, 3.05) is 13.2 Å². The van der Waals surface area contributed by atoms with E-state index in [-0.39, 0.29) is 41.8 Å². The van der Waals surface area contributed by atoms with Gasteiger partial charge < -0.3 is 10.1 Å². The molecule has 1 saturated carbocycles. The lowest BCUT2D eigenvalue weighted by Crippen LogP contribution is -2.38. The molecule has 0 saturated heterocycles. The van der Waals surface area contributed by atoms with Crippen molar-refractivity contribution in [1.29, 1.82) is 0 Å². The minimum absolute atomic E-state index is 0.105. The van der Waals surface area contributed by atoms with Gasteiger partial charge in [-0.15, -0.1) is 6.58 Å². The van der Waals surface area contributed by atoms with Crippen molar-refractivity contribution in [1.82, 2.24) is 10.2 Å². The van der Waals surface area contributed by atoms with E-state index >= 15 is 0 Å². The van der Waals surface area contributed by atoms with Gasteiger partial charge in [0.25, 0.3) is 17.7 Å². The maximum Gasteiger partial charge on any atom is 0.338 e. The van der Waals surface area contributed by atoms with E-state index in [0.29, 0.717) is 0 Å². The average Bonchev–Trinajstić information content (AvgIpc) is 2.91. The second kappa shape index (κ2) is 8.16. The summed E-state index contributed by atoms with van der Waals surface area (Å²) in [6.45, 7) is 3.26. The molecule has 0 spiro atoms. The highest BCUT2D eigenvalue weighted by Gasteiger charge is 2.35. The molecule has 27 heavy (non-hydrogen) atoms. The molecule has 1 fully saturated rings. The number of esters is 1. The van der Waals surface area contributed by atoms with Gasteiger partial charge in [-0.2, -0.15) is 0 Å². The van der Waals surface area contributed by atoms with Gasteiger partial charge in [0.05, 0.1) is 16.7 Å². The Kier molecular flexibility index (Phi) is 5.69. The minimum Gasteiger partial charge on any atom is -0.452 e. The molecule has 1 N–H and O–H groups in total. The molecule has 1 heterocycles. The zero-order valence-electron chi connectivity index (χ0n) is 15.0. The lowest BCUT2D eigenvalue weighted by atomic mass is 9.95. The van der Waals surface area contributed by atoms with Crippen LogP contribution in [0.2, 0.25) is 0 Å². The number of ether oxygens (including phenoxy) is 1. The average molecular weight is 370 g/mol. The Morgan fingerprint density at radius 1 is 1.15 bits per heavy atom. The molecule has 3 amide bonds. The number of nitrogens with zero attached hydrogens (tertiary/aromatic N) is 1. The van der Waals surface area contributed by atoms with Gasteiger partial charge in [-0.25, -0.2) is 4.79 Å². The molecule has 0 radical (unpaired) electrons. The normalized spacial score (nSPS) is 16.8. The molecule has 1 aromatic rings. The minimum atomic E-state index is -0.709. The third-order valence-corrected chi connectivity index (χ3v) is 4.82. The number of imide groups is 1. The smallest absolute Gasteiger partial charge is 0.338 e. The summed E-state index contributed by atoms with van der Waals surface area (Å²) in [4.78, 5) is 49.7. The predicted octanol–water partition coefficient (Wildman–Crippen LogP) is 2.07. The first-order chi connectivity index (χ1) is 13.0. The van der Waals surface area contributed by atoms with Crippen LogP contribution in [0.4, 0.5) is 0 Å². The Morgan fingerprint density at radius 2 is 1.85 bits per heavy atom. The van der Waals surface area contributed by atoms with Crippen LogP contribution in [0.5, 0.6) is 0 Å². The Morgan fingerprint density at radius 3 is 2.56 bits per heavy atom. The van der Waals surface area contributed by atoms with Crippen LogP contribution in [-0.4, -0.2) is 47.8 Å². The number of fused-ring (bicyclic) bond motifs is 1. The third kappa shape index (κ3) is 4.07. The fourth-order valence-corrected chi connectivity index (χ4v) is 3.44. The van der Waals surface area contributed by atoms with Crippen molar-refractivity contribution in [3.8, 4) is 0 Å². The lowest BCUT2D eigenvalue weighted by Gasteiger charge is -2.22. The van der Waals surface area contributed by atoms with Gasteiger partial charge in [0.1, 0.15) is 0 Å². The zero-order valence-corrected chi connectivity index (χ0v) is 15.0. The molecule has 1 aliphatic heterocycles. The second-order valence-corrected chi connectivity index (χ2v) is 6.75. The highest BCUT2D eigenvalue weighted by Crippen LogP contribution is 2.24. The monoisotopic (exact) mass is 370 g/mol. The van der Waals surface area contributed by atoms with Crippen molar-refractivity contribution in [3.05, 3.63) is 47.5 Å². The van der Waals surface area contributed by atoms with Crippen molar-refractivity contribution >= 4 is 23.7 Å². The van der Waals surface area contributed by atoms with Crippen molar-refractivity contribution < 1.29 is 23.9 Å². The van der Waals surface area contributed by atoms with Gasteiger partial charge in [-0.3, -0.25) is 19.3 Å². The fourth-order valence-electron chi connectivity index (χ4n) is 3.44. The second-order valence-electron chi connectivity index (χ2n) is 6.75. The van der Waals surface area contributed by atoms with Gasteiger partial charge in [0.15, 0.2) is 6.61 Å². The van der Waals surface area contributed by atoms with E-state index in [2.05, 4.69) is 11.9 Å². The lowest BCUT2D eigenvalue weighted by molar-refractivity contribution is -0.125. The first kappa shape index (κ1) is 18.8. The number of hydrogen-bond acceptors (Lipinski definition) is 5. The Labute approximate surface area is 157 Å². The number of carbonyl (C=O) groups excluding carboxylic acids is 4.